The molecule has 1 aliphatic heterocycles. The molecule has 0 saturated carbocycles. The van der Waals surface area contributed by atoms with Gasteiger partial charge in [0.2, 0.25) is 0 Å². The molecule has 1 amide bonds. The Hall–Kier alpha value is -2.56. The fourth-order valence-electron chi connectivity index (χ4n) is 2.43. The Morgan fingerprint density at radius 3 is 2.81 bits per heavy atom. The Labute approximate surface area is 121 Å². The number of rotatable bonds is 2. The largest absolute Gasteiger partial charge is 0.478 e. The van der Waals surface area contributed by atoms with E-state index >= 15 is 0 Å². The van der Waals surface area contributed by atoms with Gasteiger partial charge in [0.05, 0.1) is 5.69 Å². The van der Waals surface area contributed by atoms with Gasteiger partial charge in [-0.15, -0.1) is 0 Å². The highest BCUT2D eigenvalue weighted by atomic mass is 19.1. The minimum atomic E-state index is -0.733. The van der Waals surface area contributed by atoms with Crippen molar-refractivity contribution in [1.82, 2.24) is 0 Å². The van der Waals surface area contributed by atoms with Gasteiger partial charge in [-0.3, -0.25) is 4.79 Å². The zero-order valence-electron chi connectivity index (χ0n) is 11.5. The van der Waals surface area contributed by atoms with Gasteiger partial charge in [0.15, 0.2) is 6.10 Å². The number of benzene rings is 2. The highest BCUT2D eigenvalue weighted by Crippen LogP contribution is 2.35. The number of nitrogens with two attached hydrogens (primary N) is 1. The van der Waals surface area contributed by atoms with Crippen molar-refractivity contribution in [3.63, 3.8) is 0 Å². The fraction of sp³-hybridized carbons (Fsp3) is 0.188. The molecule has 2 aromatic carbocycles. The predicted octanol–water partition coefficient (Wildman–Crippen LogP) is 2.37. The topological polar surface area (TPSA) is 55.6 Å². The van der Waals surface area contributed by atoms with E-state index in [-0.39, 0.29) is 18.1 Å². The van der Waals surface area contributed by atoms with Crippen molar-refractivity contribution >= 4 is 17.3 Å². The molecule has 1 atom stereocenters. The van der Waals surface area contributed by atoms with Gasteiger partial charge in [-0.2, -0.15) is 0 Å². The molecule has 3 rings (SSSR count). The van der Waals surface area contributed by atoms with Gasteiger partial charge in [0.1, 0.15) is 11.6 Å². The van der Waals surface area contributed by atoms with Crippen LogP contribution in [0.5, 0.6) is 5.75 Å². The van der Waals surface area contributed by atoms with E-state index in [0.29, 0.717) is 22.7 Å². The number of likely N-dealkylation sites (N-methyl/N-ethyl adjacent to an activating group) is 1. The standard InChI is InChI=1S/C16H15FN2O2/c1-19-13-9-11(18)6-7-14(13)21-15(16(19)20)8-10-4-2-3-5-12(10)17/h2-7,9,15H,8,18H2,1H3. The Balaban J connectivity index is 1.90. The summed E-state index contributed by atoms with van der Waals surface area (Å²) in [7, 11) is 1.66. The highest BCUT2D eigenvalue weighted by molar-refractivity contribution is 6.00. The van der Waals surface area contributed by atoms with Crippen LogP contribution >= 0.6 is 0 Å². The van der Waals surface area contributed by atoms with Crippen LogP contribution < -0.4 is 15.4 Å². The second-order valence-electron chi connectivity index (χ2n) is 5.03. The smallest absolute Gasteiger partial charge is 0.268 e. The van der Waals surface area contributed by atoms with E-state index < -0.39 is 6.10 Å². The van der Waals surface area contributed by atoms with Crippen molar-refractivity contribution in [3.8, 4) is 5.75 Å². The van der Waals surface area contributed by atoms with E-state index in [4.69, 9.17) is 10.5 Å². The average molecular weight is 286 g/mol. The van der Waals surface area contributed by atoms with Crippen molar-refractivity contribution in [2.75, 3.05) is 17.7 Å². The normalized spacial score (nSPS) is 17.3. The van der Waals surface area contributed by atoms with Crippen LogP contribution in [0.1, 0.15) is 5.56 Å². The maximum atomic E-state index is 13.7. The number of hydrogen-bond acceptors (Lipinski definition) is 3. The van der Waals surface area contributed by atoms with E-state index in [0.717, 1.165) is 0 Å². The number of hydrogen-bond donors (Lipinski definition) is 1. The summed E-state index contributed by atoms with van der Waals surface area (Å²) in [6.07, 6.45) is -0.539. The zero-order valence-corrected chi connectivity index (χ0v) is 11.5. The second kappa shape index (κ2) is 5.09. The van der Waals surface area contributed by atoms with Gasteiger partial charge in [-0.1, -0.05) is 18.2 Å². The van der Waals surface area contributed by atoms with Crippen LogP contribution in [0, 0.1) is 5.82 Å². The Morgan fingerprint density at radius 2 is 2.05 bits per heavy atom. The zero-order chi connectivity index (χ0) is 15.0. The maximum Gasteiger partial charge on any atom is 0.268 e. The van der Waals surface area contributed by atoms with E-state index in [1.807, 2.05) is 0 Å². The lowest BCUT2D eigenvalue weighted by Crippen LogP contribution is -2.45. The van der Waals surface area contributed by atoms with Gasteiger partial charge in [-0.25, -0.2) is 4.39 Å². The molecule has 0 bridgehead atoms. The number of carbonyl (C=O) groups is 1. The fourth-order valence-corrected chi connectivity index (χ4v) is 2.43. The molecule has 1 aliphatic rings. The molecule has 0 saturated heterocycles. The third-order valence-corrected chi connectivity index (χ3v) is 3.58. The minimum absolute atomic E-state index is 0.194. The Kier molecular flexibility index (Phi) is 3.25. The molecule has 4 nitrogen and oxygen atoms in total. The van der Waals surface area contributed by atoms with Crippen molar-refractivity contribution in [3.05, 3.63) is 53.8 Å². The van der Waals surface area contributed by atoms with Crippen LogP contribution in [0.25, 0.3) is 0 Å². The van der Waals surface area contributed by atoms with Crippen molar-refractivity contribution < 1.29 is 13.9 Å². The molecule has 5 heteroatoms. The summed E-state index contributed by atoms with van der Waals surface area (Å²) in [6, 6.07) is 11.5. The molecule has 21 heavy (non-hydrogen) atoms. The number of anilines is 2. The molecule has 0 aromatic heterocycles. The van der Waals surface area contributed by atoms with E-state index in [2.05, 4.69) is 0 Å². The molecule has 108 valence electrons. The SMILES string of the molecule is CN1C(=O)C(Cc2ccccc2F)Oc2ccc(N)cc21. The molecule has 0 fully saturated rings. The van der Waals surface area contributed by atoms with Gasteiger partial charge in [0, 0.05) is 19.2 Å². The van der Waals surface area contributed by atoms with E-state index in [9.17, 15) is 9.18 Å². The van der Waals surface area contributed by atoms with Gasteiger partial charge >= 0.3 is 0 Å². The van der Waals surface area contributed by atoms with Crippen molar-refractivity contribution in [1.29, 1.82) is 0 Å². The van der Waals surface area contributed by atoms with Crippen LogP contribution in [0.2, 0.25) is 0 Å². The summed E-state index contributed by atoms with van der Waals surface area (Å²) in [5.74, 6) is 0.0312. The molecular weight excluding hydrogens is 271 g/mol. The molecule has 2 aromatic rings. The molecule has 1 unspecified atom stereocenters. The van der Waals surface area contributed by atoms with Crippen LogP contribution in [-0.2, 0) is 11.2 Å². The molecule has 1 heterocycles. The number of nitrogens with zero attached hydrogens (tertiary/aromatic N) is 1. The van der Waals surface area contributed by atoms with Crippen molar-refractivity contribution in [2.24, 2.45) is 0 Å². The van der Waals surface area contributed by atoms with Crippen molar-refractivity contribution in [2.45, 2.75) is 12.5 Å². The second-order valence-corrected chi connectivity index (χ2v) is 5.03. The predicted molar refractivity (Wildman–Crippen MR) is 78.8 cm³/mol. The van der Waals surface area contributed by atoms with Crippen LogP contribution in [0.15, 0.2) is 42.5 Å². The third kappa shape index (κ3) is 2.42. The summed E-state index contributed by atoms with van der Waals surface area (Å²) in [4.78, 5) is 13.9. The van der Waals surface area contributed by atoms with Gasteiger partial charge in [-0.05, 0) is 29.8 Å². The number of ether oxygens (including phenoxy) is 1. The number of carbonyl (C=O) groups excluding carboxylic acids is 1. The Bertz CT molecular complexity index is 702. The number of fused-ring (bicyclic) bond motifs is 1. The molecule has 0 aliphatic carbocycles. The first kappa shape index (κ1) is 13.4. The van der Waals surface area contributed by atoms with Gasteiger partial charge in [0.25, 0.3) is 5.91 Å². The van der Waals surface area contributed by atoms with Crippen LogP contribution in [0.4, 0.5) is 15.8 Å². The average Bonchev–Trinajstić information content (AvgIpc) is 2.47. The Morgan fingerprint density at radius 1 is 1.29 bits per heavy atom. The lowest BCUT2D eigenvalue weighted by molar-refractivity contribution is -0.125. The summed E-state index contributed by atoms with van der Waals surface area (Å²) >= 11 is 0. The minimum Gasteiger partial charge on any atom is -0.478 e. The molecular formula is C16H15FN2O2. The lowest BCUT2D eigenvalue weighted by atomic mass is 10.0. The highest BCUT2D eigenvalue weighted by Gasteiger charge is 2.32. The quantitative estimate of drug-likeness (QED) is 0.862. The first-order chi connectivity index (χ1) is 10.1. The molecule has 0 spiro atoms. The summed E-state index contributed by atoms with van der Waals surface area (Å²) in [5, 5.41) is 0. The first-order valence-corrected chi connectivity index (χ1v) is 6.63. The molecule has 2 N–H and O–H groups in total. The summed E-state index contributed by atoms with van der Waals surface area (Å²) < 4.78 is 19.4. The maximum absolute atomic E-state index is 13.7. The number of halogens is 1. The number of nitrogen functional groups attached to an aromatic ring is 1. The monoisotopic (exact) mass is 286 g/mol. The van der Waals surface area contributed by atoms with Crippen LogP contribution in [-0.4, -0.2) is 19.1 Å². The third-order valence-electron chi connectivity index (χ3n) is 3.58. The number of amides is 1. The summed E-state index contributed by atoms with van der Waals surface area (Å²) in [5.41, 5.74) is 7.37. The van der Waals surface area contributed by atoms with Gasteiger partial charge < -0.3 is 15.4 Å². The first-order valence-electron chi connectivity index (χ1n) is 6.63. The summed E-state index contributed by atoms with van der Waals surface area (Å²) in [6.45, 7) is 0. The van der Waals surface area contributed by atoms with Crippen LogP contribution in [0.3, 0.4) is 0 Å². The van der Waals surface area contributed by atoms with E-state index in [1.165, 1.54) is 11.0 Å². The lowest BCUT2D eigenvalue weighted by Gasteiger charge is -2.32. The molecule has 0 radical (unpaired) electrons. The van der Waals surface area contributed by atoms with E-state index in [1.54, 1.807) is 43.4 Å².